The van der Waals surface area contributed by atoms with Gasteiger partial charge < -0.3 is 43.6 Å². The first kappa shape index (κ1) is 62.5. The van der Waals surface area contributed by atoms with Crippen molar-refractivity contribution in [3.8, 4) is 23.0 Å². The van der Waals surface area contributed by atoms with Gasteiger partial charge in [0, 0.05) is 5.41 Å². The zero-order chi connectivity index (χ0) is 54.9. The van der Waals surface area contributed by atoms with Gasteiger partial charge in [0.05, 0.1) is 0 Å². The van der Waals surface area contributed by atoms with Gasteiger partial charge in [0.1, 0.15) is 23.0 Å². The van der Waals surface area contributed by atoms with E-state index in [0.29, 0.717) is 35.8 Å². The largest absolute Gasteiger partial charge is 0.519 e. The average Bonchev–Trinajstić information content (AvgIpc) is 3.18. The van der Waals surface area contributed by atoms with Crippen molar-refractivity contribution >= 4 is 79.8 Å². The van der Waals surface area contributed by atoms with Gasteiger partial charge in [-0.1, -0.05) is 74.5 Å². The van der Waals surface area contributed by atoms with Crippen molar-refractivity contribution in [2.45, 2.75) is 175 Å². The number of para-hydroxylation sites is 2. The van der Waals surface area contributed by atoms with E-state index < -0.39 is 85.2 Å². The van der Waals surface area contributed by atoms with Crippen molar-refractivity contribution in [3.05, 3.63) is 119 Å². The summed E-state index contributed by atoms with van der Waals surface area (Å²) in [4.78, 5) is 26.4. The summed E-state index contributed by atoms with van der Waals surface area (Å²) in [5.41, 5.74) is 3.36. The van der Waals surface area contributed by atoms with E-state index in [4.69, 9.17) is 43.6 Å². The van der Waals surface area contributed by atoms with Crippen molar-refractivity contribution in [1.29, 1.82) is 0 Å². The van der Waals surface area contributed by atoms with Gasteiger partial charge in [0.15, 0.2) is 33.3 Å². The van der Waals surface area contributed by atoms with Crippen LogP contribution in [0.1, 0.15) is 48.9 Å². The number of ether oxygens (including phenoxy) is 4. The Morgan fingerprint density at radius 2 is 0.685 bits per heavy atom. The number of hydrogen-bond acceptors (Lipinski definition) is 12. The number of rotatable bonds is 26. The Bertz CT molecular complexity index is 2260. The first-order chi connectivity index (χ1) is 33.3. The van der Waals surface area contributed by atoms with Crippen LogP contribution in [-0.4, -0.2) is 79.8 Å². The highest BCUT2D eigenvalue weighted by Crippen LogP contribution is 2.35. The smallest absolute Gasteiger partial charge is 0.437 e. The second kappa shape index (κ2) is 24.9. The van der Waals surface area contributed by atoms with Crippen LogP contribution >= 0.6 is 0 Å². The van der Waals surface area contributed by atoms with Gasteiger partial charge in [-0.15, -0.1) is 0 Å². The molecule has 0 radical (unpaired) electrons. The summed E-state index contributed by atoms with van der Waals surface area (Å²) < 4.78 is 63.4. The van der Waals surface area contributed by atoms with Gasteiger partial charge in [-0.25, -0.2) is 9.59 Å². The SMILES string of the molecule is CC(C)(c1ccc(OC(=O)Oc2ccccc2CCC[Si](C)(O[Si](C)(C)C)O[Si](C)(C)O[Si](C)(C)C)cc1)c1ccc(OC(=O)Oc2ccccc2CCC[Si](C)(O[Si](C)(C)C)O[Si](C)(C)O[Si](C)(C)C)cc1. The molecule has 73 heavy (non-hydrogen) atoms. The van der Waals surface area contributed by atoms with E-state index in [2.05, 4.69) is 132 Å². The molecule has 2 unspecified atom stereocenters. The second-order valence-corrected chi connectivity index (χ2v) is 57.6. The topological polar surface area (TPSA) is 126 Å². The molecule has 0 aromatic heterocycles. The Kier molecular flexibility index (Phi) is 21.3. The van der Waals surface area contributed by atoms with Gasteiger partial charge in [-0.05, 0) is 214 Å². The summed E-state index contributed by atoms with van der Waals surface area (Å²) in [7, 11) is -17.5. The summed E-state index contributed by atoms with van der Waals surface area (Å²) in [5, 5.41) is 0. The minimum atomic E-state index is -2.60. The first-order valence-electron chi connectivity index (χ1n) is 25.7. The lowest BCUT2D eigenvalue weighted by Crippen LogP contribution is -2.56. The number of hydrogen-bond donors (Lipinski definition) is 0. The second-order valence-electron chi connectivity index (χ2n) is 24.6. The number of aryl methyl sites for hydroxylation is 2. The lowest BCUT2D eigenvalue weighted by Gasteiger charge is -2.41. The van der Waals surface area contributed by atoms with E-state index in [0.717, 1.165) is 47.2 Å². The predicted molar refractivity (Wildman–Crippen MR) is 316 cm³/mol. The summed E-state index contributed by atoms with van der Waals surface area (Å²) in [6.45, 7) is 43.4. The molecule has 0 fully saturated rings. The van der Waals surface area contributed by atoms with Gasteiger partial charge in [0.2, 0.25) is 0 Å². The van der Waals surface area contributed by atoms with Crippen LogP contribution < -0.4 is 18.9 Å². The van der Waals surface area contributed by atoms with Gasteiger partial charge in [-0.3, -0.25) is 0 Å². The molecule has 20 heteroatoms. The predicted octanol–water partition coefficient (Wildman–Crippen LogP) is 16.0. The number of benzene rings is 4. The molecule has 12 nitrogen and oxygen atoms in total. The van der Waals surface area contributed by atoms with Gasteiger partial charge >= 0.3 is 46.6 Å². The Labute approximate surface area is 447 Å². The molecule has 4 aromatic carbocycles. The molecule has 0 saturated carbocycles. The van der Waals surface area contributed by atoms with Gasteiger partial charge in [0.25, 0.3) is 0 Å². The first-order valence-corrected chi connectivity index (χ1v) is 50.0. The molecule has 0 N–H and O–H groups in total. The highest BCUT2D eigenvalue weighted by atomic mass is 28.5. The van der Waals surface area contributed by atoms with E-state index in [-0.39, 0.29) is 0 Å². The molecule has 0 bridgehead atoms. The number of carbonyl (C=O) groups excluding carboxylic acids is 2. The summed E-state index contributed by atoms with van der Waals surface area (Å²) in [6.07, 6.45) is 1.34. The van der Waals surface area contributed by atoms with Crippen LogP contribution in [0, 0.1) is 0 Å². The average molecular weight is 1140 g/mol. The lowest BCUT2D eigenvalue weighted by molar-refractivity contribution is 0.150. The third-order valence-electron chi connectivity index (χ3n) is 11.1. The van der Waals surface area contributed by atoms with E-state index in [1.165, 1.54) is 0 Å². The van der Waals surface area contributed by atoms with E-state index in [1.807, 2.05) is 60.7 Å². The molecular formula is C53H88O12Si8. The summed E-state index contributed by atoms with van der Waals surface area (Å²) in [5.74, 6) is 1.64. The molecule has 0 aliphatic carbocycles. The van der Waals surface area contributed by atoms with Crippen molar-refractivity contribution in [3.63, 3.8) is 0 Å². The fraction of sp³-hybridized carbons (Fsp3) is 0.509. The fourth-order valence-electron chi connectivity index (χ4n) is 9.38. The van der Waals surface area contributed by atoms with E-state index in [1.54, 1.807) is 36.4 Å². The molecule has 2 atom stereocenters. The standard InChI is InChI=1S/C53H88O12Si8/c1-53(2,45-33-37-47(38-34-45)56-51(54)58-49-31-23-21-27-43(49)29-25-41-72(19,62-68(9,10)11)64-70(15,16)60-66(3,4)5)46-35-39-48(40-36-46)57-52(55)59-50-32-24-22-28-44(50)30-26-42-73(20,63-69(12,13)14)65-71(17,18)61-67(6,7)8/h21-24,27-28,31-40H,25-26,29-30,41-42H2,1-20H3. The highest BCUT2D eigenvalue weighted by molar-refractivity contribution is 6.90. The summed E-state index contributed by atoms with van der Waals surface area (Å²) >= 11 is 0. The maximum atomic E-state index is 13.2. The maximum absolute atomic E-state index is 13.2. The van der Waals surface area contributed by atoms with Crippen LogP contribution in [0.15, 0.2) is 97.1 Å². The molecule has 4 aromatic rings. The quantitative estimate of drug-likeness (QED) is 0.0337. The summed E-state index contributed by atoms with van der Waals surface area (Å²) in [6, 6.07) is 31.5. The van der Waals surface area contributed by atoms with Crippen LogP contribution in [0.25, 0.3) is 0 Å². The Balaban J connectivity index is 1.33. The van der Waals surface area contributed by atoms with Gasteiger partial charge in [-0.2, -0.15) is 0 Å². The van der Waals surface area contributed by atoms with Crippen molar-refractivity contribution < 1.29 is 53.2 Å². The zero-order valence-electron chi connectivity index (χ0n) is 47.9. The lowest BCUT2D eigenvalue weighted by atomic mass is 9.78. The van der Waals surface area contributed by atoms with Crippen LogP contribution in [0.5, 0.6) is 23.0 Å². The fourth-order valence-corrected chi connectivity index (χ4v) is 45.3. The number of carbonyl (C=O) groups is 2. The zero-order valence-corrected chi connectivity index (χ0v) is 55.9. The Hall–Kier alpha value is -3.08. The Morgan fingerprint density at radius 3 is 0.986 bits per heavy atom. The molecule has 0 amide bonds. The normalized spacial score (nSPS) is 14.7. The third-order valence-corrected chi connectivity index (χ3v) is 38.2. The van der Waals surface area contributed by atoms with Crippen LogP contribution in [-0.2, 0) is 42.9 Å². The minimum absolute atomic E-state index is 0.361. The third kappa shape index (κ3) is 22.6. The minimum Gasteiger partial charge on any atom is -0.437 e. The molecule has 404 valence electrons. The highest BCUT2D eigenvalue weighted by Gasteiger charge is 2.46. The van der Waals surface area contributed by atoms with Crippen molar-refractivity contribution in [2.24, 2.45) is 0 Å². The molecule has 0 aliphatic rings. The van der Waals surface area contributed by atoms with Crippen LogP contribution in [0.4, 0.5) is 9.59 Å². The maximum Gasteiger partial charge on any atom is 0.519 e. The molecule has 0 saturated heterocycles. The molecule has 0 aliphatic heterocycles. The molecule has 0 spiro atoms. The van der Waals surface area contributed by atoms with E-state index >= 15 is 0 Å². The van der Waals surface area contributed by atoms with Crippen LogP contribution in [0.2, 0.25) is 130 Å². The van der Waals surface area contributed by atoms with Crippen LogP contribution in [0.3, 0.4) is 0 Å². The molecule has 4 rings (SSSR count). The monoisotopic (exact) mass is 1140 g/mol. The Morgan fingerprint density at radius 1 is 0.384 bits per heavy atom. The van der Waals surface area contributed by atoms with Crippen molar-refractivity contribution in [1.82, 2.24) is 0 Å². The van der Waals surface area contributed by atoms with E-state index in [9.17, 15) is 9.59 Å². The molecular weight excluding hydrogens is 1050 g/mol. The molecule has 0 heterocycles. The van der Waals surface area contributed by atoms with Crippen molar-refractivity contribution in [2.75, 3.05) is 0 Å².